The van der Waals surface area contributed by atoms with E-state index in [0.717, 1.165) is 36.8 Å². The van der Waals surface area contributed by atoms with Crippen LogP contribution in [0.15, 0.2) is 18.2 Å². The summed E-state index contributed by atoms with van der Waals surface area (Å²) in [6, 6.07) is 6.20. The summed E-state index contributed by atoms with van der Waals surface area (Å²) in [6.07, 6.45) is 2.68. The van der Waals surface area contributed by atoms with Gasteiger partial charge in [0.1, 0.15) is 5.52 Å². The van der Waals surface area contributed by atoms with Crippen molar-refractivity contribution in [2.75, 3.05) is 26.2 Å². The molecule has 1 amide bonds. The van der Waals surface area contributed by atoms with Crippen molar-refractivity contribution in [3.05, 3.63) is 23.8 Å². The van der Waals surface area contributed by atoms with Gasteiger partial charge in [0.05, 0.1) is 18.2 Å². The van der Waals surface area contributed by atoms with E-state index in [4.69, 9.17) is 4.74 Å². The number of carbonyl (C=O) groups is 1. The molecule has 1 unspecified atom stereocenters. The number of fused-ring (bicyclic) bond motifs is 1. The number of hydrogen-bond donors (Lipinski definition) is 1. The van der Waals surface area contributed by atoms with E-state index in [9.17, 15) is 4.79 Å². The van der Waals surface area contributed by atoms with Crippen LogP contribution in [-0.2, 0) is 11.8 Å². The lowest BCUT2D eigenvalue weighted by Crippen LogP contribution is -2.48. The summed E-state index contributed by atoms with van der Waals surface area (Å²) in [6.45, 7) is 3.22. The summed E-state index contributed by atoms with van der Waals surface area (Å²) in [4.78, 5) is 14.8. The normalized spacial score (nSPS) is 22.4. The lowest BCUT2D eigenvalue weighted by atomic mass is 10.2. The number of nitrogens with one attached hydrogen (secondary N) is 1. The molecule has 0 radical (unpaired) electrons. The molecule has 0 bridgehead atoms. The summed E-state index contributed by atoms with van der Waals surface area (Å²) in [5, 5.41) is 11.0. The van der Waals surface area contributed by atoms with Gasteiger partial charge in [-0.1, -0.05) is 5.21 Å². The lowest BCUT2D eigenvalue weighted by Gasteiger charge is -2.33. The Hall–Kier alpha value is -1.99. The third kappa shape index (κ3) is 3.07. The Morgan fingerprint density at radius 1 is 1.43 bits per heavy atom. The SMILES string of the molecule is Cn1nnc2cc(C(=O)NCC3CN(C4CC4)CCO3)ccc21. The highest BCUT2D eigenvalue weighted by Crippen LogP contribution is 2.28. The molecule has 0 spiro atoms. The summed E-state index contributed by atoms with van der Waals surface area (Å²) >= 11 is 0. The molecule has 122 valence electrons. The Morgan fingerprint density at radius 3 is 3.13 bits per heavy atom. The number of rotatable bonds is 4. The number of amides is 1. The Morgan fingerprint density at radius 2 is 2.30 bits per heavy atom. The largest absolute Gasteiger partial charge is 0.374 e. The zero-order chi connectivity index (χ0) is 15.8. The van der Waals surface area contributed by atoms with Gasteiger partial charge in [0.15, 0.2) is 0 Å². The highest BCUT2D eigenvalue weighted by atomic mass is 16.5. The third-order valence-corrected chi connectivity index (χ3v) is 4.60. The van der Waals surface area contributed by atoms with Crippen molar-refractivity contribution in [3.8, 4) is 0 Å². The monoisotopic (exact) mass is 315 g/mol. The van der Waals surface area contributed by atoms with Gasteiger partial charge in [-0.3, -0.25) is 9.69 Å². The Kier molecular flexibility index (Phi) is 3.74. The zero-order valence-corrected chi connectivity index (χ0v) is 13.2. The highest BCUT2D eigenvalue weighted by Gasteiger charge is 2.32. The zero-order valence-electron chi connectivity index (χ0n) is 13.2. The molecule has 1 N–H and O–H groups in total. The average molecular weight is 315 g/mol. The number of benzene rings is 1. The van der Waals surface area contributed by atoms with Crippen LogP contribution >= 0.6 is 0 Å². The van der Waals surface area contributed by atoms with Gasteiger partial charge in [0.2, 0.25) is 0 Å². The van der Waals surface area contributed by atoms with Gasteiger partial charge in [-0.05, 0) is 31.0 Å². The first-order chi connectivity index (χ1) is 11.2. The molecule has 4 rings (SSSR count). The number of nitrogens with zero attached hydrogens (tertiary/aromatic N) is 4. The fraction of sp³-hybridized carbons (Fsp3) is 0.562. The predicted octanol–water partition coefficient (Wildman–Crippen LogP) is 0.561. The van der Waals surface area contributed by atoms with Crippen LogP contribution in [0.3, 0.4) is 0 Å². The maximum absolute atomic E-state index is 12.3. The highest BCUT2D eigenvalue weighted by molar-refractivity contribution is 5.97. The van der Waals surface area contributed by atoms with E-state index in [-0.39, 0.29) is 12.0 Å². The molecule has 23 heavy (non-hydrogen) atoms. The summed E-state index contributed by atoms with van der Waals surface area (Å²) in [5.41, 5.74) is 2.25. The fourth-order valence-corrected chi connectivity index (χ4v) is 3.13. The number of morpholine rings is 1. The Balaban J connectivity index is 1.36. The van der Waals surface area contributed by atoms with Crippen LogP contribution in [0.1, 0.15) is 23.2 Å². The second-order valence-corrected chi connectivity index (χ2v) is 6.35. The van der Waals surface area contributed by atoms with Gasteiger partial charge in [-0.2, -0.15) is 0 Å². The molecule has 1 aliphatic carbocycles. The minimum absolute atomic E-state index is 0.0774. The molecule has 1 aliphatic heterocycles. The molecule has 1 aromatic carbocycles. The van der Waals surface area contributed by atoms with Crippen LogP contribution in [-0.4, -0.2) is 64.2 Å². The fourth-order valence-electron chi connectivity index (χ4n) is 3.13. The molecule has 2 aliphatic rings. The van der Waals surface area contributed by atoms with Gasteiger partial charge in [-0.25, -0.2) is 4.68 Å². The van der Waals surface area contributed by atoms with E-state index in [1.54, 1.807) is 16.8 Å². The van der Waals surface area contributed by atoms with Crippen molar-refractivity contribution < 1.29 is 9.53 Å². The second-order valence-electron chi connectivity index (χ2n) is 6.35. The molecule has 7 heteroatoms. The van der Waals surface area contributed by atoms with Crippen LogP contribution in [0.2, 0.25) is 0 Å². The van der Waals surface area contributed by atoms with Gasteiger partial charge in [0, 0.05) is 38.3 Å². The van der Waals surface area contributed by atoms with E-state index in [2.05, 4.69) is 20.5 Å². The lowest BCUT2D eigenvalue weighted by molar-refractivity contribution is -0.0293. The maximum Gasteiger partial charge on any atom is 0.251 e. The van der Waals surface area contributed by atoms with E-state index >= 15 is 0 Å². The number of ether oxygens (including phenoxy) is 1. The van der Waals surface area contributed by atoms with Crippen LogP contribution in [0.25, 0.3) is 11.0 Å². The second kappa shape index (κ2) is 5.90. The molecule has 1 aromatic heterocycles. The van der Waals surface area contributed by atoms with Crippen LogP contribution in [0.5, 0.6) is 0 Å². The van der Waals surface area contributed by atoms with Crippen molar-refractivity contribution in [2.24, 2.45) is 7.05 Å². The number of aromatic nitrogens is 3. The molecule has 2 heterocycles. The summed E-state index contributed by atoms with van der Waals surface area (Å²) < 4.78 is 7.46. The van der Waals surface area contributed by atoms with E-state index in [1.807, 2.05) is 13.1 Å². The van der Waals surface area contributed by atoms with Crippen molar-refractivity contribution in [2.45, 2.75) is 25.0 Å². The van der Waals surface area contributed by atoms with E-state index in [0.29, 0.717) is 12.1 Å². The standard InChI is InChI=1S/C16H21N5O2/c1-20-15-5-2-11(8-14(15)18-19-20)16(22)17-9-13-10-21(6-7-23-13)12-3-4-12/h2,5,8,12-13H,3-4,6-7,9-10H2,1H3,(H,17,22). The molecule has 2 fully saturated rings. The third-order valence-electron chi connectivity index (χ3n) is 4.60. The van der Waals surface area contributed by atoms with Crippen molar-refractivity contribution in [1.82, 2.24) is 25.2 Å². The van der Waals surface area contributed by atoms with Crippen LogP contribution in [0, 0.1) is 0 Å². The minimum Gasteiger partial charge on any atom is -0.374 e. The minimum atomic E-state index is -0.0929. The van der Waals surface area contributed by atoms with E-state index in [1.165, 1.54) is 12.8 Å². The molecule has 1 atom stereocenters. The molecule has 1 saturated heterocycles. The number of aryl methyl sites for hydroxylation is 1. The van der Waals surface area contributed by atoms with E-state index < -0.39 is 0 Å². The average Bonchev–Trinajstić information content (AvgIpc) is 3.37. The smallest absolute Gasteiger partial charge is 0.251 e. The van der Waals surface area contributed by atoms with Crippen molar-refractivity contribution in [1.29, 1.82) is 0 Å². The number of hydrogen-bond acceptors (Lipinski definition) is 5. The molecule has 2 aromatic rings. The van der Waals surface area contributed by atoms with Gasteiger partial charge >= 0.3 is 0 Å². The topological polar surface area (TPSA) is 72.3 Å². The molecular formula is C16H21N5O2. The molecule has 7 nitrogen and oxygen atoms in total. The first kappa shape index (κ1) is 14.6. The first-order valence-electron chi connectivity index (χ1n) is 8.14. The van der Waals surface area contributed by atoms with Crippen LogP contribution < -0.4 is 5.32 Å². The van der Waals surface area contributed by atoms with Crippen molar-refractivity contribution in [3.63, 3.8) is 0 Å². The quantitative estimate of drug-likeness (QED) is 0.893. The first-order valence-corrected chi connectivity index (χ1v) is 8.14. The number of carbonyl (C=O) groups excluding carboxylic acids is 1. The predicted molar refractivity (Wildman–Crippen MR) is 85.2 cm³/mol. The van der Waals surface area contributed by atoms with Crippen molar-refractivity contribution >= 4 is 16.9 Å². The van der Waals surface area contributed by atoms with Gasteiger partial charge in [0.25, 0.3) is 5.91 Å². The Bertz CT molecular complexity index is 724. The summed E-state index contributed by atoms with van der Waals surface area (Å²) in [7, 11) is 1.83. The Labute approximate surface area is 134 Å². The van der Waals surface area contributed by atoms with Gasteiger partial charge < -0.3 is 10.1 Å². The van der Waals surface area contributed by atoms with Gasteiger partial charge in [-0.15, -0.1) is 5.10 Å². The summed E-state index contributed by atoms with van der Waals surface area (Å²) in [5.74, 6) is -0.0929. The molecular weight excluding hydrogens is 294 g/mol. The van der Waals surface area contributed by atoms with Crippen LogP contribution in [0.4, 0.5) is 0 Å². The maximum atomic E-state index is 12.3. The molecule has 1 saturated carbocycles.